The third-order valence-electron chi connectivity index (χ3n) is 12.8. The topological polar surface area (TPSA) is 206 Å². The summed E-state index contributed by atoms with van der Waals surface area (Å²) in [6.07, 6.45) is 24.5. The average molecular weight is 801 g/mol. The first-order valence-corrected chi connectivity index (χ1v) is 20.4. The summed E-state index contributed by atoms with van der Waals surface area (Å²) in [5.74, 6) is 0. The average Bonchev–Trinajstić information content (AvgIpc) is 4.01. The van der Waals surface area contributed by atoms with Crippen LogP contribution in [-0.4, -0.2) is 60.2 Å². The van der Waals surface area contributed by atoms with Gasteiger partial charge < -0.3 is 24.5 Å². The minimum Gasteiger partial charge on any atom is -0.394 e. The zero-order chi connectivity index (χ0) is 40.9. The molecule has 3 aliphatic heterocycles. The van der Waals surface area contributed by atoms with Crippen LogP contribution in [0.3, 0.4) is 0 Å². The Kier molecular flexibility index (Phi) is 12.3. The third kappa shape index (κ3) is 8.78. The lowest BCUT2D eigenvalue weighted by Crippen LogP contribution is -2.36. The Morgan fingerprint density at radius 3 is 1.45 bits per heavy atom. The lowest BCUT2D eigenvalue weighted by molar-refractivity contribution is -0.386. The number of rotatable bonds is 5. The molecule has 0 radical (unpaired) electrons. The molecule has 0 amide bonds. The summed E-state index contributed by atoms with van der Waals surface area (Å²) in [4.78, 5) is 56.5. The van der Waals surface area contributed by atoms with Crippen LogP contribution in [-0.2, 0) is 14.2 Å². The van der Waals surface area contributed by atoms with Crippen LogP contribution in [0, 0.1) is 20.2 Å². The zero-order valence-electron chi connectivity index (χ0n) is 32.8. The van der Waals surface area contributed by atoms with Crippen molar-refractivity contribution in [2.24, 2.45) is 0 Å². The van der Waals surface area contributed by atoms with Crippen LogP contribution in [0.5, 0.6) is 0 Å². The van der Waals surface area contributed by atoms with Gasteiger partial charge in [0.05, 0.1) is 32.3 Å². The standard InChI is InChI=1S/2C14H16N2O4.C14H20N2O2/c2*17-13-12(16(18)19)3-1-9-15(13)11-4-7-14(8-5-11)6-2-10-20-14;15-12-3-1-9-16(13(12)17)11-4-7-14(8-5-11)6-2-10-18-14/h2*1,3-4,9H,2,5-8,10H2;1,3,9,11H,2,4-8,10,15H2/t2*14-;/m11./s1. The molecule has 16 nitrogen and oxygen atoms in total. The van der Waals surface area contributed by atoms with E-state index in [-0.39, 0.29) is 39.8 Å². The van der Waals surface area contributed by atoms with Gasteiger partial charge in [-0.25, -0.2) is 0 Å². The Hall–Kier alpha value is -5.19. The fourth-order valence-corrected chi connectivity index (χ4v) is 9.46. The van der Waals surface area contributed by atoms with E-state index < -0.39 is 21.0 Å². The number of nitrogens with two attached hydrogens (primary N) is 1. The first-order valence-electron chi connectivity index (χ1n) is 20.4. The van der Waals surface area contributed by atoms with E-state index in [0.717, 1.165) is 108 Å². The molecule has 9 rings (SSSR count). The minimum atomic E-state index is -0.635. The molecule has 16 heteroatoms. The molecule has 3 aromatic heterocycles. The molecule has 3 aliphatic carbocycles. The van der Waals surface area contributed by atoms with E-state index in [1.807, 2.05) is 24.4 Å². The van der Waals surface area contributed by atoms with Crippen molar-refractivity contribution >= 4 is 28.5 Å². The van der Waals surface area contributed by atoms with Gasteiger partial charge in [0.25, 0.3) is 5.56 Å². The molecule has 3 saturated heterocycles. The van der Waals surface area contributed by atoms with Gasteiger partial charge in [-0.3, -0.25) is 43.7 Å². The summed E-state index contributed by atoms with van der Waals surface area (Å²) in [6.45, 7) is 2.52. The Morgan fingerprint density at radius 2 is 1.05 bits per heavy atom. The summed E-state index contributed by atoms with van der Waals surface area (Å²) < 4.78 is 22.1. The summed E-state index contributed by atoms with van der Waals surface area (Å²) >= 11 is 0. The highest BCUT2D eigenvalue weighted by atomic mass is 16.6. The van der Waals surface area contributed by atoms with Crippen molar-refractivity contribution in [2.45, 2.75) is 126 Å². The quantitative estimate of drug-likeness (QED) is 0.211. The maximum absolute atomic E-state index is 12.1. The number of nitrogens with zero attached hydrogens (tertiary/aromatic N) is 5. The maximum atomic E-state index is 12.1. The molecule has 0 unspecified atom stereocenters. The second-order valence-corrected chi connectivity index (χ2v) is 16.3. The van der Waals surface area contributed by atoms with Crippen molar-refractivity contribution in [3.8, 4) is 0 Å². The molecule has 2 atom stereocenters. The van der Waals surface area contributed by atoms with Crippen LogP contribution in [0.2, 0.25) is 0 Å². The number of hydrogen-bond donors (Lipinski definition) is 1. The van der Waals surface area contributed by atoms with Crippen molar-refractivity contribution in [1.82, 2.24) is 13.7 Å². The second-order valence-electron chi connectivity index (χ2n) is 16.3. The number of ether oxygens (including phenoxy) is 3. The normalized spacial score (nSPS) is 27.6. The Labute approximate surface area is 335 Å². The molecule has 6 aliphatic rings. The van der Waals surface area contributed by atoms with Gasteiger partial charge in [-0.15, -0.1) is 0 Å². The molecule has 310 valence electrons. The lowest BCUT2D eigenvalue weighted by Gasteiger charge is -2.37. The largest absolute Gasteiger partial charge is 0.394 e. The molecule has 1 saturated carbocycles. The molecule has 6 heterocycles. The van der Waals surface area contributed by atoms with Crippen LogP contribution in [0.25, 0.3) is 11.4 Å². The number of hydrogen-bond acceptors (Lipinski definition) is 11. The van der Waals surface area contributed by atoms with Crippen LogP contribution in [0.15, 0.2) is 81.5 Å². The first-order chi connectivity index (χ1) is 27.9. The molecule has 0 aromatic carbocycles. The third-order valence-corrected chi connectivity index (χ3v) is 12.8. The molecule has 58 heavy (non-hydrogen) atoms. The number of nitrogen functional groups attached to an aromatic ring is 1. The van der Waals surface area contributed by atoms with Crippen LogP contribution in [0.4, 0.5) is 17.1 Å². The van der Waals surface area contributed by atoms with Crippen molar-refractivity contribution in [3.05, 3.63) is 118 Å². The van der Waals surface area contributed by atoms with E-state index >= 15 is 0 Å². The summed E-state index contributed by atoms with van der Waals surface area (Å²) in [6, 6.07) is 9.37. The lowest BCUT2D eigenvalue weighted by atomic mass is 9.80. The summed E-state index contributed by atoms with van der Waals surface area (Å²) in [5, 5.41) is 21.6. The highest BCUT2D eigenvalue weighted by Gasteiger charge is 2.40. The Balaban J connectivity index is 0.000000133. The first kappa shape index (κ1) is 41.0. The van der Waals surface area contributed by atoms with Crippen molar-refractivity contribution in [3.63, 3.8) is 0 Å². The van der Waals surface area contributed by atoms with Gasteiger partial charge in [-0.1, -0.05) is 12.2 Å². The molecule has 4 fully saturated rings. The Bertz CT molecular complexity index is 2120. The van der Waals surface area contributed by atoms with Crippen LogP contribution in [0.1, 0.15) is 109 Å². The molecule has 0 bridgehead atoms. The summed E-state index contributed by atoms with van der Waals surface area (Å²) in [7, 11) is 0. The van der Waals surface area contributed by atoms with Gasteiger partial charge >= 0.3 is 22.5 Å². The van der Waals surface area contributed by atoms with Gasteiger partial charge in [0, 0.05) is 68.0 Å². The Morgan fingerprint density at radius 1 is 0.603 bits per heavy atom. The van der Waals surface area contributed by atoms with E-state index in [0.29, 0.717) is 18.5 Å². The van der Waals surface area contributed by atoms with Gasteiger partial charge in [0.15, 0.2) is 0 Å². The van der Waals surface area contributed by atoms with Crippen molar-refractivity contribution < 1.29 is 24.1 Å². The number of aromatic nitrogens is 3. The monoisotopic (exact) mass is 800 g/mol. The van der Waals surface area contributed by atoms with Crippen LogP contribution >= 0.6 is 0 Å². The van der Waals surface area contributed by atoms with Crippen molar-refractivity contribution in [1.29, 1.82) is 0 Å². The zero-order valence-corrected chi connectivity index (χ0v) is 32.8. The van der Waals surface area contributed by atoms with E-state index in [4.69, 9.17) is 19.9 Å². The highest BCUT2D eigenvalue weighted by Crippen LogP contribution is 2.43. The highest BCUT2D eigenvalue weighted by molar-refractivity contribution is 5.50. The number of allylic oxidation sites excluding steroid dienone is 2. The predicted molar refractivity (Wildman–Crippen MR) is 217 cm³/mol. The fraction of sp³-hybridized carbons (Fsp3) is 0.548. The fourth-order valence-electron chi connectivity index (χ4n) is 9.46. The van der Waals surface area contributed by atoms with Gasteiger partial charge in [-0.05, 0) is 127 Å². The van der Waals surface area contributed by atoms with Gasteiger partial charge in [0.1, 0.15) is 0 Å². The van der Waals surface area contributed by atoms with E-state index in [1.165, 1.54) is 46.2 Å². The number of pyridine rings is 3. The minimum absolute atomic E-state index is 0.0502. The molecular weight excluding hydrogens is 748 g/mol. The van der Waals surface area contributed by atoms with Gasteiger partial charge in [-0.2, -0.15) is 0 Å². The second kappa shape index (κ2) is 17.3. The van der Waals surface area contributed by atoms with E-state index in [2.05, 4.69) is 0 Å². The van der Waals surface area contributed by atoms with E-state index in [1.54, 1.807) is 23.0 Å². The van der Waals surface area contributed by atoms with Crippen molar-refractivity contribution in [2.75, 3.05) is 25.6 Å². The number of nitro groups is 2. The number of anilines is 1. The molecule has 3 spiro atoms. The molecule has 3 aromatic rings. The summed E-state index contributed by atoms with van der Waals surface area (Å²) in [5.41, 5.74) is 5.75. The van der Waals surface area contributed by atoms with Gasteiger partial charge in [0.2, 0.25) is 0 Å². The predicted octanol–water partition coefficient (Wildman–Crippen LogP) is 6.76. The molecular formula is C42H52N6O10. The smallest absolute Gasteiger partial charge is 0.334 e. The maximum Gasteiger partial charge on any atom is 0.334 e. The SMILES string of the molecule is Nc1cccn(C2CCC3(CCCO3)CC2)c1=O.O=c1c([N+](=O)[O-])cccn1C1=CC[C@]2(CCCO2)CC1.O=c1c([N+](=O)[O-])cccn1C1=CC[C@]2(CCCO2)CC1. The molecule has 2 N–H and O–H groups in total. The van der Waals surface area contributed by atoms with E-state index in [9.17, 15) is 34.6 Å². The van der Waals surface area contributed by atoms with Crippen LogP contribution < -0.4 is 22.4 Å².